The summed E-state index contributed by atoms with van der Waals surface area (Å²) in [7, 11) is 0. The largest absolute Gasteiger partial charge is 0.507 e. The molecule has 2 fully saturated rings. The summed E-state index contributed by atoms with van der Waals surface area (Å²) in [5.41, 5.74) is 2.01. The third-order valence-electron chi connectivity index (χ3n) is 4.92. The van der Waals surface area contributed by atoms with Gasteiger partial charge >= 0.3 is 0 Å². The zero-order valence-corrected chi connectivity index (χ0v) is 17.2. The van der Waals surface area contributed by atoms with Gasteiger partial charge in [0.25, 0.3) is 0 Å². The van der Waals surface area contributed by atoms with Gasteiger partial charge in [0.2, 0.25) is 0 Å². The Hall–Kier alpha value is -0.0400. The maximum atomic E-state index is 10.7. The number of rotatable bonds is 3. The van der Waals surface area contributed by atoms with E-state index < -0.39 is 0 Å². The van der Waals surface area contributed by atoms with E-state index in [1.807, 2.05) is 13.0 Å². The molecule has 3 rings (SSSR count). The number of benzene rings is 1. The molecule has 2 heterocycles. The summed E-state index contributed by atoms with van der Waals surface area (Å²) in [5.74, 6) is 0.986. The lowest BCUT2D eigenvalue weighted by molar-refractivity contribution is 0.0204. The Balaban J connectivity index is 0.00000144. The Morgan fingerprint density at radius 2 is 1.83 bits per heavy atom. The van der Waals surface area contributed by atoms with Crippen LogP contribution >= 0.6 is 40.7 Å². The summed E-state index contributed by atoms with van der Waals surface area (Å²) in [4.78, 5) is 2.53. The van der Waals surface area contributed by atoms with Crippen LogP contribution in [0.15, 0.2) is 16.6 Å². The topological polar surface area (TPSA) is 44.7 Å². The molecule has 7 heteroatoms. The Kier molecular flexibility index (Phi) is 9.34. The summed E-state index contributed by atoms with van der Waals surface area (Å²) < 4.78 is 6.57. The molecule has 0 amide bonds. The molecule has 0 radical (unpaired) electrons. The molecule has 1 aromatic rings. The standard InChI is InChI=1S/C17H25BrN2O2.2ClH/c1-12-2-3-14(18)15(17(12)21)16(13-4-10-22-11-5-13)20-8-6-19-7-9-20;;/h2-3,13,16,19,21H,4-11H2,1H3;2*1H/t16-;;/m1../s1. The van der Waals surface area contributed by atoms with Crippen LogP contribution in [0, 0.1) is 12.8 Å². The lowest BCUT2D eigenvalue weighted by Crippen LogP contribution is -2.47. The van der Waals surface area contributed by atoms with Crippen LogP contribution in [0.1, 0.15) is 30.0 Å². The highest BCUT2D eigenvalue weighted by molar-refractivity contribution is 9.10. The molecule has 2 aliphatic heterocycles. The van der Waals surface area contributed by atoms with E-state index in [4.69, 9.17) is 4.74 Å². The van der Waals surface area contributed by atoms with Gasteiger partial charge in [-0.15, -0.1) is 24.8 Å². The van der Waals surface area contributed by atoms with Crippen molar-refractivity contribution in [3.8, 4) is 5.75 Å². The Labute approximate surface area is 165 Å². The molecule has 4 nitrogen and oxygen atoms in total. The first-order valence-electron chi connectivity index (χ1n) is 8.19. The molecule has 2 N–H and O–H groups in total. The van der Waals surface area contributed by atoms with E-state index in [0.717, 1.165) is 67.8 Å². The van der Waals surface area contributed by atoms with Gasteiger partial charge in [-0.2, -0.15) is 0 Å². The zero-order valence-electron chi connectivity index (χ0n) is 14.0. The van der Waals surface area contributed by atoms with Crippen molar-refractivity contribution >= 4 is 40.7 Å². The third kappa shape index (κ3) is 4.77. The second-order valence-corrected chi connectivity index (χ2v) is 7.16. The van der Waals surface area contributed by atoms with Crippen LogP contribution in [0.4, 0.5) is 0 Å². The maximum absolute atomic E-state index is 10.7. The van der Waals surface area contributed by atoms with Crippen molar-refractivity contribution in [2.45, 2.75) is 25.8 Å². The van der Waals surface area contributed by atoms with Crippen molar-refractivity contribution < 1.29 is 9.84 Å². The summed E-state index contributed by atoms with van der Waals surface area (Å²) in [6, 6.07) is 4.31. The predicted molar refractivity (Wildman–Crippen MR) is 106 cm³/mol. The lowest BCUT2D eigenvalue weighted by atomic mass is 9.84. The quantitative estimate of drug-likeness (QED) is 0.750. The smallest absolute Gasteiger partial charge is 0.124 e. The van der Waals surface area contributed by atoms with Gasteiger partial charge in [-0.25, -0.2) is 0 Å². The second kappa shape index (κ2) is 10.2. The second-order valence-electron chi connectivity index (χ2n) is 6.31. The Morgan fingerprint density at radius 1 is 1.21 bits per heavy atom. The molecule has 2 saturated heterocycles. The van der Waals surface area contributed by atoms with Crippen LogP contribution in [0.3, 0.4) is 0 Å². The van der Waals surface area contributed by atoms with Crippen molar-refractivity contribution in [1.82, 2.24) is 10.2 Å². The fourth-order valence-corrected chi connectivity index (χ4v) is 4.24. The van der Waals surface area contributed by atoms with Crippen LogP contribution in [-0.2, 0) is 4.74 Å². The third-order valence-corrected chi connectivity index (χ3v) is 5.61. The zero-order chi connectivity index (χ0) is 15.5. The summed E-state index contributed by atoms with van der Waals surface area (Å²) in [6.07, 6.45) is 2.13. The summed E-state index contributed by atoms with van der Waals surface area (Å²) >= 11 is 3.68. The normalized spacial score (nSPS) is 20.8. The summed E-state index contributed by atoms with van der Waals surface area (Å²) in [5, 5.41) is 14.1. The Morgan fingerprint density at radius 3 is 2.46 bits per heavy atom. The van der Waals surface area contributed by atoms with E-state index in [1.54, 1.807) is 0 Å². The molecule has 2 aliphatic rings. The van der Waals surface area contributed by atoms with Crippen LogP contribution in [0.5, 0.6) is 5.75 Å². The van der Waals surface area contributed by atoms with Crippen LogP contribution < -0.4 is 5.32 Å². The van der Waals surface area contributed by atoms with E-state index in [2.05, 4.69) is 32.2 Å². The highest BCUT2D eigenvalue weighted by Gasteiger charge is 2.34. The van der Waals surface area contributed by atoms with E-state index in [9.17, 15) is 5.11 Å². The number of halogens is 3. The average molecular weight is 442 g/mol. The van der Waals surface area contributed by atoms with Gasteiger partial charge in [0.05, 0.1) is 0 Å². The number of phenolic OH excluding ortho intramolecular Hbond substituents is 1. The van der Waals surface area contributed by atoms with Gasteiger partial charge in [0.15, 0.2) is 0 Å². The number of aryl methyl sites for hydroxylation is 1. The average Bonchev–Trinajstić information content (AvgIpc) is 2.57. The first-order valence-corrected chi connectivity index (χ1v) is 8.98. The number of hydrogen-bond acceptors (Lipinski definition) is 4. The van der Waals surface area contributed by atoms with Gasteiger partial charge < -0.3 is 15.2 Å². The minimum absolute atomic E-state index is 0. The van der Waals surface area contributed by atoms with Crippen molar-refractivity contribution in [3.63, 3.8) is 0 Å². The molecule has 0 spiro atoms. The van der Waals surface area contributed by atoms with Crippen molar-refractivity contribution in [2.75, 3.05) is 39.4 Å². The minimum Gasteiger partial charge on any atom is -0.507 e. The minimum atomic E-state index is 0. The molecule has 1 aromatic carbocycles. The van der Waals surface area contributed by atoms with Crippen molar-refractivity contribution in [1.29, 1.82) is 0 Å². The number of nitrogens with zero attached hydrogens (tertiary/aromatic N) is 1. The van der Waals surface area contributed by atoms with Crippen LogP contribution in [-0.4, -0.2) is 49.4 Å². The molecule has 24 heavy (non-hydrogen) atoms. The number of piperazine rings is 1. The number of aromatic hydroxyl groups is 1. The highest BCUT2D eigenvalue weighted by Crippen LogP contribution is 2.43. The number of ether oxygens (including phenoxy) is 1. The molecule has 138 valence electrons. The van der Waals surface area contributed by atoms with E-state index in [1.165, 1.54) is 0 Å². The maximum Gasteiger partial charge on any atom is 0.124 e. The monoisotopic (exact) mass is 440 g/mol. The molecule has 0 bridgehead atoms. The number of hydrogen-bond donors (Lipinski definition) is 2. The van der Waals surface area contributed by atoms with Gasteiger partial charge in [-0.1, -0.05) is 22.0 Å². The lowest BCUT2D eigenvalue weighted by Gasteiger charge is -2.41. The van der Waals surface area contributed by atoms with Gasteiger partial charge in [-0.05, 0) is 37.3 Å². The Bertz CT molecular complexity index is 504. The first kappa shape index (κ1) is 22.0. The molecule has 0 saturated carbocycles. The number of phenols is 1. The highest BCUT2D eigenvalue weighted by atomic mass is 79.9. The van der Waals surface area contributed by atoms with Crippen LogP contribution in [0.25, 0.3) is 0 Å². The van der Waals surface area contributed by atoms with E-state index >= 15 is 0 Å². The molecule has 1 atom stereocenters. The van der Waals surface area contributed by atoms with Crippen molar-refractivity contribution in [3.05, 3.63) is 27.7 Å². The molecular formula is C17H27BrCl2N2O2. The fraction of sp³-hybridized carbons (Fsp3) is 0.647. The van der Waals surface area contributed by atoms with Crippen molar-refractivity contribution in [2.24, 2.45) is 5.92 Å². The first-order chi connectivity index (χ1) is 10.7. The van der Waals surface area contributed by atoms with Gasteiger partial charge in [0.1, 0.15) is 5.75 Å². The number of nitrogens with one attached hydrogen (secondary N) is 1. The SMILES string of the molecule is Cc1ccc(Br)c([C@@H](C2CCOCC2)N2CCNCC2)c1O.Cl.Cl. The summed E-state index contributed by atoms with van der Waals surface area (Å²) in [6.45, 7) is 7.73. The van der Waals surface area contributed by atoms with Gasteiger partial charge in [0, 0.05) is 55.5 Å². The fourth-order valence-electron chi connectivity index (χ4n) is 3.68. The van der Waals surface area contributed by atoms with Gasteiger partial charge in [-0.3, -0.25) is 4.90 Å². The van der Waals surface area contributed by atoms with E-state index in [0.29, 0.717) is 11.7 Å². The predicted octanol–water partition coefficient (Wildman–Crippen LogP) is 3.68. The molecule has 0 aromatic heterocycles. The molecule has 0 unspecified atom stereocenters. The van der Waals surface area contributed by atoms with E-state index in [-0.39, 0.29) is 30.9 Å². The van der Waals surface area contributed by atoms with Crippen LogP contribution in [0.2, 0.25) is 0 Å². The molecular weight excluding hydrogens is 415 g/mol. The molecule has 0 aliphatic carbocycles.